The fraction of sp³-hybridized carbons (Fsp3) is 0.211. The quantitative estimate of drug-likeness (QED) is 0.797. The van der Waals surface area contributed by atoms with Gasteiger partial charge in [-0.15, -0.1) is 6.42 Å². The molecule has 23 heavy (non-hydrogen) atoms. The van der Waals surface area contributed by atoms with Crippen LogP contribution in [0.5, 0.6) is 0 Å². The predicted octanol–water partition coefficient (Wildman–Crippen LogP) is 2.32. The van der Waals surface area contributed by atoms with Crippen molar-refractivity contribution in [2.24, 2.45) is 0 Å². The van der Waals surface area contributed by atoms with Crippen LogP contribution in [0.15, 0.2) is 54.6 Å². The number of carbonyl (C=O) groups is 1. The van der Waals surface area contributed by atoms with Crippen LogP contribution in [0.25, 0.3) is 0 Å². The van der Waals surface area contributed by atoms with Gasteiger partial charge in [0.2, 0.25) is 0 Å². The Morgan fingerprint density at radius 2 is 1.74 bits per heavy atom. The molecule has 4 heteroatoms. The van der Waals surface area contributed by atoms with Crippen molar-refractivity contribution in [3.05, 3.63) is 54.6 Å². The molecule has 114 valence electrons. The van der Waals surface area contributed by atoms with Crippen LogP contribution in [0.1, 0.15) is 0 Å². The summed E-state index contributed by atoms with van der Waals surface area (Å²) in [5.41, 5.74) is 3.11. The Morgan fingerprint density at radius 1 is 1.04 bits per heavy atom. The van der Waals surface area contributed by atoms with Gasteiger partial charge in [0, 0.05) is 12.2 Å². The summed E-state index contributed by atoms with van der Waals surface area (Å²) in [7, 11) is 0. The lowest BCUT2D eigenvalue weighted by molar-refractivity contribution is -0.119. The Labute approximate surface area is 135 Å². The van der Waals surface area contributed by atoms with Crippen molar-refractivity contribution in [2.45, 2.75) is 6.04 Å². The zero-order valence-electron chi connectivity index (χ0n) is 12.7. The highest BCUT2D eigenvalue weighted by atomic mass is 16.2. The smallest absolute Gasteiger partial charge is 0.252 e. The van der Waals surface area contributed by atoms with Crippen molar-refractivity contribution in [1.29, 1.82) is 0 Å². The second-order valence-corrected chi connectivity index (χ2v) is 5.80. The molecule has 4 rings (SSSR count). The predicted molar refractivity (Wildman–Crippen MR) is 92.6 cm³/mol. The standard InChI is InChI=1S/C19H17N3O/c1-2-12-21-16-10-6-7-11-17(16)22-14-20(13-18(22)19(21)23)15-8-4-3-5-9-15/h1,3-11,18H,12-14H2. The molecule has 2 heterocycles. The van der Waals surface area contributed by atoms with Crippen LogP contribution in [0, 0.1) is 12.3 Å². The molecule has 1 saturated heterocycles. The number of nitrogens with zero attached hydrogens (tertiary/aromatic N) is 3. The Hall–Kier alpha value is -2.93. The summed E-state index contributed by atoms with van der Waals surface area (Å²) in [4.78, 5) is 19.0. The molecule has 0 aromatic heterocycles. The Morgan fingerprint density at radius 3 is 2.48 bits per heavy atom. The summed E-state index contributed by atoms with van der Waals surface area (Å²) in [5.74, 6) is 2.69. The van der Waals surface area contributed by atoms with Crippen molar-refractivity contribution < 1.29 is 4.79 Å². The van der Waals surface area contributed by atoms with Gasteiger partial charge in [-0.25, -0.2) is 0 Å². The van der Waals surface area contributed by atoms with E-state index in [1.165, 1.54) is 0 Å². The Bertz CT molecular complexity index is 781. The number of hydrogen-bond acceptors (Lipinski definition) is 3. The number of terminal acetylenes is 1. The highest BCUT2D eigenvalue weighted by Gasteiger charge is 2.43. The van der Waals surface area contributed by atoms with Crippen molar-refractivity contribution in [2.75, 3.05) is 34.5 Å². The SMILES string of the molecule is C#CCN1C(=O)C2CN(c3ccccc3)CN2c2ccccc21. The first kappa shape index (κ1) is 13.7. The molecular formula is C19H17N3O. The normalized spacial score (nSPS) is 19.3. The van der Waals surface area contributed by atoms with Crippen molar-refractivity contribution >= 4 is 23.0 Å². The molecule has 1 amide bonds. The van der Waals surface area contributed by atoms with Crippen LogP contribution in [0.3, 0.4) is 0 Å². The molecule has 1 unspecified atom stereocenters. The van der Waals surface area contributed by atoms with E-state index in [0.717, 1.165) is 17.1 Å². The van der Waals surface area contributed by atoms with Crippen LogP contribution in [0.4, 0.5) is 17.1 Å². The summed E-state index contributed by atoms with van der Waals surface area (Å²) in [6.07, 6.45) is 5.47. The van der Waals surface area contributed by atoms with Crippen molar-refractivity contribution in [1.82, 2.24) is 0 Å². The van der Waals surface area contributed by atoms with E-state index in [4.69, 9.17) is 6.42 Å². The Balaban J connectivity index is 1.73. The van der Waals surface area contributed by atoms with Gasteiger partial charge in [-0.2, -0.15) is 0 Å². The molecule has 0 aliphatic carbocycles. The maximum atomic E-state index is 12.9. The van der Waals surface area contributed by atoms with E-state index in [1.807, 2.05) is 36.4 Å². The third kappa shape index (κ3) is 2.13. The van der Waals surface area contributed by atoms with Gasteiger partial charge in [0.1, 0.15) is 6.04 Å². The van der Waals surface area contributed by atoms with E-state index in [0.29, 0.717) is 19.8 Å². The van der Waals surface area contributed by atoms with Gasteiger partial charge in [-0.1, -0.05) is 36.3 Å². The lowest BCUT2D eigenvalue weighted by atomic mass is 10.1. The highest BCUT2D eigenvalue weighted by Crippen LogP contribution is 2.39. The summed E-state index contributed by atoms with van der Waals surface area (Å²) >= 11 is 0. The fourth-order valence-electron chi connectivity index (χ4n) is 3.42. The molecule has 0 saturated carbocycles. The zero-order chi connectivity index (χ0) is 15.8. The first-order chi connectivity index (χ1) is 11.3. The van der Waals surface area contributed by atoms with Crippen molar-refractivity contribution in [3.8, 4) is 12.3 Å². The molecule has 0 bridgehead atoms. The monoisotopic (exact) mass is 303 g/mol. The largest absolute Gasteiger partial charge is 0.351 e. The van der Waals surface area contributed by atoms with Gasteiger partial charge in [0.25, 0.3) is 5.91 Å². The molecule has 0 N–H and O–H groups in total. The third-order valence-electron chi connectivity index (χ3n) is 4.50. The number of anilines is 3. The van der Waals surface area contributed by atoms with Crippen LogP contribution < -0.4 is 14.7 Å². The number of para-hydroxylation sites is 3. The number of fused-ring (bicyclic) bond motifs is 3. The van der Waals surface area contributed by atoms with Gasteiger partial charge < -0.3 is 9.80 Å². The topological polar surface area (TPSA) is 26.8 Å². The summed E-state index contributed by atoms with van der Waals surface area (Å²) in [6, 6.07) is 18.0. The first-order valence-electron chi connectivity index (χ1n) is 7.70. The van der Waals surface area contributed by atoms with Gasteiger partial charge in [-0.05, 0) is 24.3 Å². The van der Waals surface area contributed by atoms with Crippen LogP contribution in [0.2, 0.25) is 0 Å². The molecule has 2 aliphatic rings. The molecule has 0 spiro atoms. The van der Waals surface area contributed by atoms with E-state index < -0.39 is 0 Å². The molecule has 1 atom stereocenters. The summed E-state index contributed by atoms with van der Waals surface area (Å²) < 4.78 is 0. The van der Waals surface area contributed by atoms with Gasteiger partial charge >= 0.3 is 0 Å². The van der Waals surface area contributed by atoms with Gasteiger partial charge in [-0.3, -0.25) is 9.69 Å². The second-order valence-electron chi connectivity index (χ2n) is 5.80. The third-order valence-corrected chi connectivity index (χ3v) is 4.50. The van der Waals surface area contributed by atoms with Gasteiger partial charge in [0.05, 0.1) is 24.6 Å². The van der Waals surface area contributed by atoms with Crippen molar-refractivity contribution in [3.63, 3.8) is 0 Å². The number of hydrogen-bond donors (Lipinski definition) is 0. The Kier molecular flexibility index (Phi) is 3.20. The second kappa shape index (κ2) is 5.36. The maximum absolute atomic E-state index is 12.9. The average Bonchev–Trinajstić information content (AvgIpc) is 3.05. The number of carbonyl (C=O) groups excluding carboxylic acids is 1. The first-order valence-corrected chi connectivity index (χ1v) is 7.70. The summed E-state index contributed by atoms with van der Waals surface area (Å²) in [6.45, 7) is 1.70. The lowest BCUT2D eigenvalue weighted by Gasteiger charge is -2.37. The molecule has 0 radical (unpaired) electrons. The zero-order valence-corrected chi connectivity index (χ0v) is 12.7. The van der Waals surface area contributed by atoms with E-state index in [1.54, 1.807) is 4.90 Å². The van der Waals surface area contributed by atoms with Gasteiger partial charge in [0.15, 0.2) is 0 Å². The van der Waals surface area contributed by atoms with Crippen LogP contribution in [-0.4, -0.2) is 31.7 Å². The molecular weight excluding hydrogens is 286 g/mol. The molecule has 2 aliphatic heterocycles. The van der Waals surface area contributed by atoms with E-state index in [-0.39, 0.29) is 11.9 Å². The average molecular weight is 303 g/mol. The van der Waals surface area contributed by atoms with E-state index in [9.17, 15) is 4.79 Å². The fourth-order valence-corrected chi connectivity index (χ4v) is 3.42. The minimum atomic E-state index is -0.182. The molecule has 2 aromatic rings. The minimum absolute atomic E-state index is 0.0834. The molecule has 1 fully saturated rings. The van der Waals surface area contributed by atoms with E-state index in [2.05, 4.69) is 33.9 Å². The summed E-state index contributed by atoms with van der Waals surface area (Å²) in [5, 5.41) is 0. The van der Waals surface area contributed by atoms with E-state index >= 15 is 0 Å². The van der Waals surface area contributed by atoms with Crippen LogP contribution in [-0.2, 0) is 4.79 Å². The number of rotatable bonds is 2. The number of benzene rings is 2. The number of amides is 1. The molecule has 4 nitrogen and oxygen atoms in total. The lowest BCUT2D eigenvalue weighted by Crippen LogP contribution is -2.51. The maximum Gasteiger partial charge on any atom is 0.252 e. The highest BCUT2D eigenvalue weighted by molar-refractivity contribution is 6.06. The minimum Gasteiger partial charge on any atom is -0.351 e. The van der Waals surface area contributed by atoms with Crippen LogP contribution >= 0.6 is 0 Å². The molecule has 2 aromatic carbocycles.